The van der Waals surface area contributed by atoms with E-state index in [1.54, 1.807) is 13.2 Å². The Balaban J connectivity index is 2.01. The molecule has 0 fully saturated rings. The first-order valence-corrected chi connectivity index (χ1v) is 8.45. The molecular formula is C20H20N2O5. The summed E-state index contributed by atoms with van der Waals surface area (Å²) in [5.74, 6) is 0.0179. The maximum atomic E-state index is 12.9. The van der Waals surface area contributed by atoms with Crippen LogP contribution in [0, 0.1) is 0 Å². The lowest BCUT2D eigenvalue weighted by Crippen LogP contribution is -2.21. The van der Waals surface area contributed by atoms with E-state index in [0.717, 1.165) is 5.56 Å². The first-order valence-electron chi connectivity index (χ1n) is 8.45. The van der Waals surface area contributed by atoms with Gasteiger partial charge in [-0.1, -0.05) is 30.3 Å². The Labute approximate surface area is 156 Å². The number of ether oxygens (including phenoxy) is 3. The molecule has 2 aromatic carbocycles. The van der Waals surface area contributed by atoms with Crippen molar-refractivity contribution in [2.24, 2.45) is 0 Å². The second kappa shape index (κ2) is 8.46. The van der Waals surface area contributed by atoms with Crippen LogP contribution < -0.4 is 15.0 Å². The number of hydrogen-bond acceptors (Lipinski definition) is 6. The summed E-state index contributed by atoms with van der Waals surface area (Å²) in [7, 11) is 1.56. The molecule has 7 heteroatoms. The molecule has 0 aliphatic carbocycles. The minimum Gasteiger partial charge on any atom is -0.487 e. The highest BCUT2D eigenvalue weighted by Gasteiger charge is 2.14. The smallest absolute Gasteiger partial charge is 0.308 e. The molecule has 0 saturated heterocycles. The number of rotatable bonds is 7. The van der Waals surface area contributed by atoms with Gasteiger partial charge in [0.15, 0.2) is 11.5 Å². The van der Waals surface area contributed by atoms with Crippen LogP contribution in [0.2, 0.25) is 0 Å². The Morgan fingerprint density at radius 2 is 1.89 bits per heavy atom. The van der Waals surface area contributed by atoms with Crippen molar-refractivity contribution in [3.05, 3.63) is 64.7 Å². The van der Waals surface area contributed by atoms with E-state index < -0.39 is 5.97 Å². The minimum atomic E-state index is -0.501. The van der Waals surface area contributed by atoms with Crippen molar-refractivity contribution in [3.63, 3.8) is 0 Å². The van der Waals surface area contributed by atoms with Crippen molar-refractivity contribution < 1.29 is 19.0 Å². The van der Waals surface area contributed by atoms with Crippen molar-refractivity contribution in [2.45, 2.75) is 13.5 Å². The minimum absolute atomic E-state index is 0.183. The fourth-order valence-corrected chi connectivity index (χ4v) is 2.64. The van der Waals surface area contributed by atoms with E-state index in [9.17, 15) is 9.59 Å². The second-order valence-corrected chi connectivity index (χ2v) is 5.91. The van der Waals surface area contributed by atoms with Crippen LogP contribution in [-0.2, 0) is 16.1 Å². The van der Waals surface area contributed by atoms with Gasteiger partial charge < -0.3 is 14.2 Å². The summed E-state index contributed by atoms with van der Waals surface area (Å²) in [6.07, 6.45) is 1.50. The van der Waals surface area contributed by atoms with Crippen molar-refractivity contribution in [1.29, 1.82) is 0 Å². The van der Waals surface area contributed by atoms with Gasteiger partial charge in [-0.15, -0.1) is 0 Å². The molecule has 1 aromatic heterocycles. The van der Waals surface area contributed by atoms with Crippen LogP contribution in [0.1, 0.15) is 12.5 Å². The third kappa shape index (κ3) is 4.51. The molecule has 0 spiro atoms. The Morgan fingerprint density at radius 1 is 1.11 bits per heavy atom. The Morgan fingerprint density at radius 3 is 2.59 bits per heavy atom. The number of hydrogen-bond donors (Lipinski definition) is 0. The van der Waals surface area contributed by atoms with Crippen molar-refractivity contribution in [1.82, 2.24) is 9.55 Å². The highest BCUT2D eigenvalue weighted by Crippen LogP contribution is 2.31. The molecular weight excluding hydrogens is 348 g/mol. The van der Waals surface area contributed by atoms with Crippen molar-refractivity contribution >= 4 is 16.9 Å². The number of aromatic nitrogens is 2. The largest absolute Gasteiger partial charge is 0.487 e. The zero-order valence-corrected chi connectivity index (χ0v) is 15.2. The molecule has 27 heavy (non-hydrogen) atoms. The van der Waals surface area contributed by atoms with Gasteiger partial charge in [0, 0.05) is 20.1 Å². The van der Waals surface area contributed by atoms with Crippen LogP contribution in [0.15, 0.2) is 53.6 Å². The van der Waals surface area contributed by atoms with Crippen LogP contribution in [0.25, 0.3) is 10.9 Å². The van der Waals surface area contributed by atoms with E-state index in [1.165, 1.54) is 23.9 Å². The summed E-state index contributed by atoms with van der Waals surface area (Å²) >= 11 is 0. The molecule has 3 rings (SSSR count). The quantitative estimate of drug-likeness (QED) is 0.362. The molecule has 0 aliphatic heterocycles. The summed E-state index contributed by atoms with van der Waals surface area (Å²) in [5.41, 5.74) is 1.23. The van der Waals surface area contributed by atoms with E-state index in [-0.39, 0.29) is 17.9 Å². The molecule has 0 atom stereocenters. The Hall–Kier alpha value is -3.19. The number of carbonyl (C=O) groups excluding carboxylic acids is 1. The second-order valence-electron chi connectivity index (χ2n) is 5.91. The van der Waals surface area contributed by atoms with Gasteiger partial charge in [0.1, 0.15) is 6.61 Å². The van der Waals surface area contributed by atoms with Gasteiger partial charge in [0.25, 0.3) is 5.56 Å². The zero-order chi connectivity index (χ0) is 19.2. The third-order valence-corrected chi connectivity index (χ3v) is 3.88. The maximum absolute atomic E-state index is 12.9. The number of nitrogens with zero attached hydrogens (tertiary/aromatic N) is 2. The van der Waals surface area contributed by atoms with Gasteiger partial charge in [-0.2, -0.15) is 0 Å². The van der Waals surface area contributed by atoms with E-state index in [2.05, 4.69) is 4.98 Å². The Kier molecular flexibility index (Phi) is 5.83. The highest BCUT2D eigenvalue weighted by atomic mass is 16.6. The molecule has 140 valence electrons. The predicted molar refractivity (Wildman–Crippen MR) is 100 cm³/mol. The molecule has 7 nitrogen and oxygen atoms in total. The lowest BCUT2D eigenvalue weighted by Gasteiger charge is -2.13. The number of methoxy groups -OCH3 is 1. The lowest BCUT2D eigenvalue weighted by molar-refractivity contribution is -0.132. The zero-order valence-electron chi connectivity index (χ0n) is 15.2. The topological polar surface area (TPSA) is 79.7 Å². The number of benzene rings is 2. The third-order valence-electron chi connectivity index (χ3n) is 3.88. The standard InChI is InChI=1S/C20H20N2O5/c1-14(23)27-19-10-16-17(11-18(19)26-9-8-25-2)21-13-22(20(16)24)12-15-6-4-3-5-7-15/h3-7,10-11,13H,8-9,12H2,1-2H3. The SMILES string of the molecule is COCCOc1cc2ncn(Cc3ccccc3)c(=O)c2cc1OC(C)=O. The van der Waals surface area contributed by atoms with E-state index in [4.69, 9.17) is 14.2 Å². The molecule has 0 radical (unpaired) electrons. The predicted octanol–water partition coefficient (Wildman–Crippen LogP) is 2.40. The van der Waals surface area contributed by atoms with Gasteiger partial charge in [-0.25, -0.2) is 4.98 Å². The highest BCUT2D eigenvalue weighted by molar-refractivity contribution is 5.83. The van der Waals surface area contributed by atoms with Crippen LogP contribution in [-0.4, -0.2) is 35.8 Å². The number of carbonyl (C=O) groups is 1. The molecule has 0 aliphatic rings. The summed E-state index contributed by atoms with van der Waals surface area (Å²) in [4.78, 5) is 28.6. The molecule has 0 N–H and O–H groups in total. The van der Waals surface area contributed by atoms with Crippen LogP contribution in [0.3, 0.4) is 0 Å². The summed E-state index contributed by atoms with van der Waals surface area (Å²) in [5, 5.41) is 0.351. The fraction of sp³-hybridized carbons (Fsp3) is 0.250. The molecule has 0 amide bonds. The average Bonchev–Trinajstić information content (AvgIpc) is 2.65. The first kappa shape index (κ1) is 18.6. The van der Waals surface area contributed by atoms with Gasteiger partial charge in [-0.05, 0) is 11.6 Å². The Bertz CT molecular complexity index is 998. The van der Waals surface area contributed by atoms with Gasteiger partial charge in [0.2, 0.25) is 0 Å². The van der Waals surface area contributed by atoms with Crippen LogP contribution in [0.4, 0.5) is 0 Å². The van der Waals surface area contributed by atoms with Gasteiger partial charge in [0.05, 0.1) is 30.4 Å². The average molecular weight is 368 g/mol. The molecule has 0 unspecified atom stereocenters. The van der Waals surface area contributed by atoms with Gasteiger partial charge in [-0.3, -0.25) is 14.2 Å². The maximum Gasteiger partial charge on any atom is 0.308 e. The summed E-state index contributed by atoms with van der Waals surface area (Å²) in [6.45, 7) is 2.35. The van der Waals surface area contributed by atoms with Crippen LogP contribution >= 0.6 is 0 Å². The van der Waals surface area contributed by atoms with Crippen molar-refractivity contribution in [2.75, 3.05) is 20.3 Å². The number of esters is 1. The summed E-state index contributed by atoms with van der Waals surface area (Å²) < 4.78 is 17.3. The van der Waals surface area contributed by atoms with Crippen LogP contribution in [0.5, 0.6) is 11.5 Å². The molecule has 0 saturated carbocycles. The normalized spacial score (nSPS) is 10.7. The van der Waals surface area contributed by atoms with E-state index >= 15 is 0 Å². The lowest BCUT2D eigenvalue weighted by atomic mass is 10.2. The van der Waals surface area contributed by atoms with E-state index in [1.807, 2.05) is 30.3 Å². The van der Waals surface area contributed by atoms with Gasteiger partial charge >= 0.3 is 5.97 Å². The summed E-state index contributed by atoms with van der Waals surface area (Å²) in [6, 6.07) is 12.7. The molecule has 1 heterocycles. The molecule has 3 aromatic rings. The fourth-order valence-electron chi connectivity index (χ4n) is 2.64. The van der Waals surface area contributed by atoms with E-state index in [0.29, 0.717) is 29.8 Å². The molecule has 0 bridgehead atoms. The van der Waals surface area contributed by atoms with Crippen molar-refractivity contribution in [3.8, 4) is 11.5 Å². The number of fused-ring (bicyclic) bond motifs is 1. The first-order chi connectivity index (χ1) is 13.1. The monoisotopic (exact) mass is 368 g/mol.